The van der Waals surface area contributed by atoms with Crippen LogP contribution in [-0.2, 0) is 4.84 Å². The van der Waals surface area contributed by atoms with E-state index >= 15 is 0 Å². The van der Waals surface area contributed by atoms with Gasteiger partial charge in [-0.05, 0) is 30.3 Å². The fraction of sp³-hybridized carbons (Fsp3) is 0.0667. The SMILES string of the molecule is CONc1nc(-c2ccccc2O)nc2cc(Cl)ccc12. The zero-order valence-corrected chi connectivity index (χ0v) is 11.9. The van der Waals surface area contributed by atoms with E-state index in [2.05, 4.69) is 15.4 Å². The van der Waals surface area contributed by atoms with E-state index < -0.39 is 0 Å². The number of nitrogens with one attached hydrogen (secondary N) is 1. The smallest absolute Gasteiger partial charge is 0.165 e. The number of aromatic hydroxyl groups is 1. The van der Waals surface area contributed by atoms with Gasteiger partial charge in [0.25, 0.3) is 0 Å². The van der Waals surface area contributed by atoms with E-state index in [0.717, 1.165) is 5.39 Å². The van der Waals surface area contributed by atoms with Crippen LogP contribution in [0.1, 0.15) is 0 Å². The number of hydrogen-bond donors (Lipinski definition) is 2. The summed E-state index contributed by atoms with van der Waals surface area (Å²) in [4.78, 5) is 13.8. The largest absolute Gasteiger partial charge is 0.507 e. The van der Waals surface area contributed by atoms with Crippen molar-refractivity contribution < 1.29 is 9.94 Å². The molecule has 3 aromatic rings. The van der Waals surface area contributed by atoms with E-state index in [1.165, 1.54) is 7.11 Å². The van der Waals surface area contributed by atoms with Crippen molar-refractivity contribution in [2.75, 3.05) is 12.6 Å². The van der Waals surface area contributed by atoms with E-state index in [-0.39, 0.29) is 5.75 Å². The van der Waals surface area contributed by atoms with Gasteiger partial charge in [0.1, 0.15) is 5.75 Å². The lowest BCUT2D eigenvalue weighted by Gasteiger charge is -2.10. The summed E-state index contributed by atoms with van der Waals surface area (Å²) in [7, 11) is 1.50. The van der Waals surface area contributed by atoms with E-state index in [1.807, 2.05) is 12.1 Å². The number of benzene rings is 2. The Kier molecular flexibility index (Phi) is 3.60. The first-order chi connectivity index (χ1) is 10.2. The van der Waals surface area contributed by atoms with Gasteiger partial charge in [-0.2, -0.15) is 0 Å². The molecule has 0 aliphatic rings. The van der Waals surface area contributed by atoms with Crippen molar-refractivity contribution in [1.82, 2.24) is 9.97 Å². The lowest BCUT2D eigenvalue weighted by molar-refractivity contribution is 0.270. The molecule has 3 rings (SSSR count). The lowest BCUT2D eigenvalue weighted by Crippen LogP contribution is -2.02. The van der Waals surface area contributed by atoms with Gasteiger partial charge < -0.3 is 5.11 Å². The molecule has 0 spiro atoms. The number of hydrogen-bond acceptors (Lipinski definition) is 5. The molecule has 6 heteroatoms. The van der Waals surface area contributed by atoms with Gasteiger partial charge in [-0.1, -0.05) is 23.7 Å². The zero-order chi connectivity index (χ0) is 14.8. The van der Waals surface area contributed by atoms with Crippen molar-refractivity contribution in [3.05, 3.63) is 47.5 Å². The van der Waals surface area contributed by atoms with E-state index in [0.29, 0.717) is 27.7 Å². The molecule has 1 heterocycles. The van der Waals surface area contributed by atoms with Crippen molar-refractivity contribution in [3.8, 4) is 17.1 Å². The van der Waals surface area contributed by atoms with Crippen molar-refractivity contribution in [2.24, 2.45) is 0 Å². The second-order valence-electron chi connectivity index (χ2n) is 4.38. The maximum Gasteiger partial charge on any atom is 0.165 e. The Labute approximate surface area is 126 Å². The number of fused-ring (bicyclic) bond motifs is 1. The molecule has 0 radical (unpaired) electrons. The maximum absolute atomic E-state index is 9.95. The minimum absolute atomic E-state index is 0.113. The van der Waals surface area contributed by atoms with Crippen LogP contribution in [-0.4, -0.2) is 22.2 Å². The van der Waals surface area contributed by atoms with Crippen LogP contribution in [0, 0.1) is 0 Å². The minimum Gasteiger partial charge on any atom is -0.507 e. The predicted octanol–water partition coefficient (Wildman–Crippen LogP) is 3.63. The molecule has 2 aromatic carbocycles. The van der Waals surface area contributed by atoms with E-state index in [9.17, 15) is 5.11 Å². The van der Waals surface area contributed by atoms with Gasteiger partial charge in [-0.15, -0.1) is 0 Å². The first kappa shape index (κ1) is 13.6. The molecule has 0 fully saturated rings. The van der Waals surface area contributed by atoms with Gasteiger partial charge in [0, 0.05) is 10.4 Å². The lowest BCUT2D eigenvalue weighted by atomic mass is 10.1. The highest BCUT2D eigenvalue weighted by Crippen LogP contribution is 2.30. The highest BCUT2D eigenvalue weighted by Gasteiger charge is 2.12. The first-order valence-electron chi connectivity index (χ1n) is 6.23. The highest BCUT2D eigenvalue weighted by atomic mass is 35.5. The Hall–Kier alpha value is -2.37. The Morgan fingerprint density at radius 1 is 1.14 bits per heavy atom. The Morgan fingerprint density at radius 3 is 2.71 bits per heavy atom. The van der Waals surface area contributed by atoms with Crippen molar-refractivity contribution in [2.45, 2.75) is 0 Å². The molecule has 0 amide bonds. The summed E-state index contributed by atoms with van der Waals surface area (Å²) in [5.74, 6) is 1.02. The number of nitrogens with zero attached hydrogens (tertiary/aromatic N) is 2. The number of phenols is 1. The van der Waals surface area contributed by atoms with E-state index in [4.69, 9.17) is 16.4 Å². The summed E-state index contributed by atoms with van der Waals surface area (Å²) in [6, 6.07) is 12.2. The average Bonchev–Trinajstić information content (AvgIpc) is 2.47. The molecule has 5 nitrogen and oxygen atoms in total. The third-order valence-electron chi connectivity index (χ3n) is 3.00. The minimum atomic E-state index is 0.113. The van der Waals surface area contributed by atoms with Gasteiger partial charge >= 0.3 is 0 Å². The topological polar surface area (TPSA) is 67.3 Å². The Bertz CT molecular complexity index is 808. The molecule has 1 aromatic heterocycles. The maximum atomic E-state index is 9.95. The number of rotatable bonds is 3. The van der Waals surface area contributed by atoms with Crippen LogP contribution in [0.5, 0.6) is 5.75 Å². The third kappa shape index (κ3) is 2.61. The number of para-hydroxylation sites is 1. The number of aromatic nitrogens is 2. The van der Waals surface area contributed by atoms with Gasteiger partial charge in [0.2, 0.25) is 0 Å². The van der Waals surface area contributed by atoms with Crippen LogP contribution in [0.4, 0.5) is 5.82 Å². The molecule has 0 aliphatic heterocycles. The summed E-state index contributed by atoms with van der Waals surface area (Å²) in [6.07, 6.45) is 0. The number of anilines is 1. The van der Waals surface area contributed by atoms with Gasteiger partial charge in [-0.25, -0.2) is 15.4 Å². The molecule has 0 aliphatic carbocycles. The summed E-state index contributed by atoms with van der Waals surface area (Å²) >= 11 is 6.02. The fourth-order valence-electron chi connectivity index (χ4n) is 2.06. The van der Waals surface area contributed by atoms with Crippen LogP contribution in [0.15, 0.2) is 42.5 Å². The fourth-order valence-corrected chi connectivity index (χ4v) is 2.23. The monoisotopic (exact) mass is 301 g/mol. The predicted molar refractivity (Wildman–Crippen MR) is 82.3 cm³/mol. The van der Waals surface area contributed by atoms with Gasteiger partial charge in [0.15, 0.2) is 11.6 Å². The second-order valence-corrected chi connectivity index (χ2v) is 4.82. The van der Waals surface area contributed by atoms with Crippen LogP contribution in [0.2, 0.25) is 5.02 Å². The molecule has 0 bridgehead atoms. The molecule has 0 atom stereocenters. The van der Waals surface area contributed by atoms with Crippen LogP contribution < -0.4 is 5.48 Å². The summed E-state index contributed by atoms with van der Waals surface area (Å²) in [6.45, 7) is 0. The average molecular weight is 302 g/mol. The normalized spacial score (nSPS) is 10.8. The summed E-state index contributed by atoms with van der Waals surface area (Å²) < 4.78 is 0. The third-order valence-corrected chi connectivity index (χ3v) is 3.24. The van der Waals surface area contributed by atoms with Crippen molar-refractivity contribution >= 4 is 28.3 Å². The molecule has 0 saturated carbocycles. The molecule has 21 heavy (non-hydrogen) atoms. The number of phenolic OH excluding ortho intramolecular Hbond substituents is 1. The van der Waals surface area contributed by atoms with Crippen LogP contribution in [0.3, 0.4) is 0 Å². The van der Waals surface area contributed by atoms with Crippen molar-refractivity contribution in [3.63, 3.8) is 0 Å². The summed E-state index contributed by atoms with van der Waals surface area (Å²) in [5.41, 5.74) is 3.93. The highest BCUT2D eigenvalue weighted by molar-refractivity contribution is 6.31. The second kappa shape index (κ2) is 5.55. The van der Waals surface area contributed by atoms with Crippen molar-refractivity contribution in [1.29, 1.82) is 0 Å². The molecule has 106 valence electrons. The van der Waals surface area contributed by atoms with E-state index in [1.54, 1.807) is 30.3 Å². The van der Waals surface area contributed by atoms with Gasteiger partial charge in [-0.3, -0.25) is 4.84 Å². The first-order valence-corrected chi connectivity index (χ1v) is 6.61. The molecular weight excluding hydrogens is 290 g/mol. The molecular formula is C15H12ClN3O2. The Balaban J connectivity index is 2.27. The molecule has 2 N–H and O–H groups in total. The molecule has 0 unspecified atom stereocenters. The van der Waals surface area contributed by atoms with Gasteiger partial charge in [0.05, 0.1) is 18.2 Å². The molecule has 0 saturated heterocycles. The summed E-state index contributed by atoms with van der Waals surface area (Å²) in [5, 5.41) is 11.3. The zero-order valence-electron chi connectivity index (χ0n) is 11.2. The standard InChI is InChI=1S/C15H12ClN3O2/c1-21-19-15-10-7-6-9(16)8-12(10)17-14(18-15)11-4-2-3-5-13(11)20/h2-8,20H,1H3,(H,17,18,19). The quantitative estimate of drug-likeness (QED) is 0.723. The Morgan fingerprint density at radius 2 is 1.95 bits per heavy atom. The van der Waals surface area contributed by atoms with Crippen LogP contribution in [0.25, 0.3) is 22.3 Å². The van der Waals surface area contributed by atoms with Crippen LogP contribution >= 0.6 is 11.6 Å². The number of halogens is 1.